The fraction of sp³-hybridized carbons (Fsp3) is 0.182. The fourth-order valence-corrected chi connectivity index (χ4v) is 1.45. The largest absolute Gasteiger partial charge is 0.465 e. The van der Waals surface area contributed by atoms with Crippen LogP contribution in [0.2, 0.25) is 0 Å². The highest BCUT2D eigenvalue weighted by molar-refractivity contribution is 5.95. The SMILES string of the molecule is COC(=O)c1cccc(NC(=O)Cc2nn[nH]n2)c1. The second-order valence-electron chi connectivity index (χ2n) is 3.63. The second kappa shape index (κ2) is 5.71. The predicted octanol–water partition coefficient (Wildman–Crippen LogP) is 0.167. The lowest BCUT2D eigenvalue weighted by Gasteiger charge is -2.05. The summed E-state index contributed by atoms with van der Waals surface area (Å²) in [4.78, 5) is 23.0. The van der Waals surface area contributed by atoms with E-state index in [1.54, 1.807) is 18.2 Å². The summed E-state index contributed by atoms with van der Waals surface area (Å²) in [7, 11) is 1.30. The molecule has 0 spiro atoms. The van der Waals surface area contributed by atoms with E-state index in [2.05, 4.69) is 30.7 Å². The molecule has 2 rings (SSSR count). The van der Waals surface area contributed by atoms with E-state index >= 15 is 0 Å². The number of H-pyrrole nitrogens is 1. The molecule has 8 nitrogen and oxygen atoms in total. The van der Waals surface area contributed by atoms with Crippen LogP contribution in [0.1, 0.15) is 16.2 Å². The first-order valence-electron chi connectivity index (χ1n) is 5.39. The zero-order chi connectivity index (χ0) is 13.7. The monoisotopic (exact) mass is 261 g/mol. The molecule has 0 aliphatic rings. The Kier molecular flexibility index (Phi) is 3.81. The van der Waals surface area contributed by atoms with Crippen molar-refractivity contribution in [2.24, 2.45) is 0 Å². The number of anilines is 1. The first-order chi connectivity index (χ1) is 9.19. The molecule has 0 saturated carbocycles. The van der Waals surface area contributed by atoms with Gasteiger partial charge in [-0.1, -0.05) is 11.3 Å². The second-order valence-corrected chi connectivity index (χ2v) is 3.63. The normalized spacial score (nSPS) is 9.95. The van der Waals surface area contributed by atoms with Gasteiger partial charge >= 0.3 is 5.97 Å². The minimum Gasteiger partial charge on any atom is -0.465 e. The summed E-state index contributed by atoms with van der Waals surface area (Å²) in [6.07, 6.45) is -0.00104. The maximum Gasteiger partial charge on any atom is 0.337 e. The number of hydrogen-bond acceptors (Lipinski definition) is 6. The van der Waals surface area contributed by atoms with E-state index < -0.39 is 5.97 Å². The number of nitrogens with one attached hydrogen (secondary N) is 2. The highest BCUT2D eigenvalue weighted by Gasteiger charge is 2.10. The van der Waals surface area contributed by atoms with Crippen molar-refractivity contribution in [2.45, 2.75) is 6.42 Å². The number of hydrogen-bond donors (Lipinski definition) is 2. The average Bonchev–Trinajstić information content (AvgIpc) is 2.90. The van der Waals surface area contributed by atoms with Gasteiger partial charge < -0.3 is 10.1 Å². The molecule has 0 aliphatic heterocycles. The van der Waals surface area contributed by atoms with Crippen molar-refractivity contribution in [3.05, 3.63) is 35.7 Å². The number of rotatable bonds is 4. The first-order valence-corrected chi connectivity index (χ1v) is 5.39. The molecule has 0 radical (unpaired) electrons. The van der Waals surface area contributed by atoms with Gasteiger partial charge in [0, 0.05) is 5.69 Å². The number of ether oxygens (including phenoxy) is 1. The maximum atomic E-state index is 11.7. The molecule has 8 heteroatoms. The van der Waals surface area contributed by atoms with Crippen LogP contribution in [-0.2, 0) is 16.0 Å². The van der Waals surface area contributed by atoms with E-state index in [-0.39, 0.29) is 12.3 Å². The standard InChI is InChI=1S/C11H11N5O3/c1-19-11(18)7-3-2-4-8(5-7)12-10(17)6-9-13-15-16-14-9/h2-5H,6H2,1H3,(H,12,17)(H,13,14,15,16). The number of carbonyl (C=O) groups excluding carboxylic acids is 2. The van der Waals surface area contributed by atoms with Gasteiger partial charge in [-0.25, -0.2) is 4.79 Å². The Morgan fingerprint density at radius 3 is 2.95 bits per heavy atom. The number of tetrazole rings is 1. The quantitative estimate of drug-likeness (QED) is 0.759. The summed E-state index contributed by atoms with van der Waals surface area (Å²) in [5.41, 5.74) is 0.858. The van der Waals surface area contributed by atoms with Crippen molar-refractivity contribution >= 4 is 17.6 Å². The zero-order valence-corrected chi connectivity index (χ0v) is 10.1. The van der Waals surface area contributed by atoms with E-state index in [9.17, 15) is 9.59 Å². The van der Waals surface area contributed by atoms with Crippen LogP contribution in [0.5, 0.6) is 0 Å². The minimum atomic E-state index is -0.464. The number of aromatic amines is 1. The number of benzene rings is 1. The molecule has 2 aromatic rings. The molecule has 2 N–H and O–H groups in total. The third-order valence-corrected chi connectivity index (χ3v) is 2.28. The molecule has 0 bridgehead atoms. The molecule has 1 amide bonds. The van der Waals surface area contributed by atoms with Crippen LogP contribution in [0.4, 0.5) is 5.69 Å². The Bertz CT molecular complexity index is 582. The summed E-state index contributed by atoms with van der Waals surface area (Å²) in [6.45, 7) is 0. The van der Waals surface area contributed by atoms with Crippen molar-refractivity contribution in [1.29, 1.82) is 0 Å². The van der Waals surface area contributed by atoms with E-state index in [0.29, 0.717) is 17.1 Å². The third-order valence-electron chi connectivity index (χ3n) is 2.28. The molecule has 1 aromatic heterocycles. The van der Waals surface area contributed by atoms with Crippen LogP contribution >= 0.6 is 0 Å². The molecule has 0 fully saturated rings. The zero-order valence-electron chi connectivity index (χ0n) is 10.1. The molecular weight excluding hydrogens is 250 g/mol. The molecule has 0 aliphatic carbocycles. The first kappa shape index (κ1) is 12.7. The Hall–Kier alpha value is -2.77. The topological polar surface area (TPSA) is 110 Å². The molecule has 0 saturated heterocycles. The van der Waals surface area contributed by atoms with Crippen LogP contribution in [0.3, 0.4) is 0 Å². The molecule has 98 valence electrons. The summed E-state index contributed by atoms with van der Waals surface area (Å²) in [5.74, 6) is -0.473. The lowest BCUT2D eigenvalue weighted by molar-refractivity contribution is -0.115. The van der Waals surface area contributed by atoms with E-state index in [4.69, 9.17) is 0 Å². The Balaban J connectivity index is 2.02. The summed E-state index contributed by atoms with van der Waals surface area (Å²) in [6, 6.07) is 6.44. The number of amides is 1. The number of esters is 1. The Morgan fingerprint density at radius 1 is 1.42 bits per heavy atom. The van der Waals surface area contributed by atoms with Gasteiger partial charge in [0.1, 0.15) is 0 Å². The van der Waals surface area contributed by atoms with Gasteiger partial charge in [0.05, 0.1) is 19.1 Å². The summed E-state index contributed by atoms with van der Waals surface area (Å²) in [5, 5.41) is 15.6. The van der Waals surface area contributed by atoms with Gasteiger partial charge in [-0.2, -0.15) is 5.21 Å². The fourth-order valence-electron chi connectivity index (χ4n) is 1.45. The van der Waals surface area contributed by atoms with Crippen molar-refractivity contribution in [2.75, 3.05) is 12.4 Å². The van der Waals surface area contributed by atoms with Crippen molar-refractivity contribution < 1.29 is 14.3 Å². The summed E-state index contributed by atoms with van der Waals surface area (Å²) < 4.78 is 4.60. The highest BCUT2D eigenvalue weighted by atomic mass is 16.5. The van der Waals surface area contributed by atoms with Gasteiger partial charge in [-0.05, 0) is 18.2 Å². The molecule has 0 atom stereocenters. The van der Waals surface area contributed by atoms with Crippen molar-refractivity contribution in [3.8, 4) is 0 Å². The molecule has 1 heterocycles. The van der Waals surface area contributed by atoms with E-state index in [1.807, 2.05) is 0 Å². The van der Waals surface area contributed by atoms with Crippen molar-refractivity contribution in [3.63, 3.8) is 0 Å². The Morgan fingerprint density at radius 2 is 2.26 bits per heavy atom. The Labute approximate surface area is 108 Å². The smallest absolute Gasteiger partial charge is 0.337 e. The van der Waals surface area contributed by atoms with E-state index in [0.717, 1.165) is 0 Å². The van der Waals surface area contributed by atoms with Crippen LogP contribution in [0.15, 0.2) is 24.3 Å². The molecule has 19 heavy (non-hydrogen) atoms. The van der Waals surface area contributed by atoms with Gasteiger partial charge in [-0.3, -0.25) is 4.79 Å². The molecular formula is C11H11N5O3. The van der Waals surface area contributed by atoms with Gasteiger partial charge in [0.25, 0.3) is 0 Å². The van der Waals surface area contributed by atoms with Crippen molar-refractivity contribution in [1.82, 2.24) is 20.6 Å². The summed E-state index contributed by atoms with van der Waals surface area (Å²) >= 11 is 0. The minimum absolute atomic E-state index is 0.00104. The molecule has 0 unspecified atom stereocenters. The average molecular weight is 261 g/mol. The van der Waals surface area contributed by atoms with Gasteiger partial charge in [0.2, 0.25) is 5.91 Å². The maximum absolute atomic E-state index is 11.7. The van der Waals surface area contributed by atoms with Crippen LogP contribution in [0, 0.1) is 0 Å². The van der Waals surface area contributed by atoms with Gasteiger partial charge in [0.15, 0.2) is 5.82 Å². The van der Waals surface area contributed by atoms with Crippen LogP contribution < -0.4 is 5.32 Å². The third kappa shape index (κ3) is 3.35. The number of aromatic nitrogens is 4. The number of carbonyl (C=O) groups is 2. The van der Waals surface area contributed by atoms with Gasteiger partial charge in [-0.15, -0.1) is 10.2 Å². The highest BCUT2D eigenvalue weighted by Crippen LogP contribution is 2.11. The number of methoxy groups -OCH3 is 1. The molecule has 1 aromatic carbocycles. The predicted molar refractivity (Wildman–Crippen MR) is 64.3 cm³/mol. The number of nitrogens with zero attached hydrogens (tertiary/aromatic N) is 3. The van der Waals surface area contributed by atoms with Crippen LogP contribution in [-0.4, -0.2) is 39.6 Å². The lowest BCUT2D eigenvalue weighted by atomic mass is 10.2. The van der Waals surface area contributed by atoms with E-state index in [1.165, 1.54) is 13.2 Å². The van der Waals surface area contributed by atoms with Crippen LogP contribution in [0.25, 0.3) is 0 Å². The lowest BCUT2D eigenvalue weighted by Crippen LogP contribution is -2.15.